The van der Waals surface area contributed by atoms with Crippen LogP contribution in [0.4, 0.5) is 5.82 Å². The summed E-state index contributed by atoms with van der Waals surface area (Å²) in [5.74, 6) is 0.960. The summed E-state index contributed by atoms with van der Waals surface area (Å²) in [5.41, 5.74) is 1.80. The molecule has 0 aliphatic heterocycles. The second-order valence-electron chi connectivity index (χ2n) is 6.98. The summed E-state index contributed by atoms with van der Waals surface area (Å²) in [6.45, 7) is 6.54. The molecule has 3 rings (SSSR count). The summed E-state index contributed by atoms with van der Waals surface area (Å²) in [5, 5.41) is 6.82. The molecule has 158 valence electrons. The van der Waals surface area contributed by atoms with Crippen LogP contribution in [-0.2, 0) is 4.79 Å². The van der Waals surface area contributed by atoms with Crippen LogP contribution in [-0.4, -0.2) is 34.1 Å². The summed E-state index contributed by atoms with van der Waals surface area (Å²) in [6.07, 6.45) is 3.17. The molecule has 0 fully saturated rings. The van der Waals surface area contributed by atoms with E-state index in [0.29, 0.717) is 39.9 Å². The topological polar surface area (TPSA) is 97.1 Å². The van der Waals surface area contributed by atoms with Crippen LogP contribution in [0.3, 0.4) is 0 Å². The number of carbonyl (C=O) groups excluding carboxylic acids is 2. The number of fused-ring (bicyclic) bond motifs is 1. The number of hydrogen-bond acceptors (Lipinski definition) is 6. The molecule has 0 radical (unpaired) electrons. The summed E-state index contributed by atoms with van der Waals surface area (Å²) < 4.78 is 5.75. The van der Waals surface area contributed by atoms with E-state index in [9.17, 15) is 9.59 Å². The highest BCUT2D eigenvalue weighted by Crippen LogP contribution is 2.31. The average Bonchev–Trinajstić information content (AvgIpc) is 3.04. The van der Waals surface area contributed by atoms with E-state index in [1.165, 1.54) is 11.8 Å². The number of aryl methyl sites for hydroxylation is 2. The number of benzene rings is 1. The van der Waals surface area contributed by atoms with Crippen molar-refractivity contribution in [1.29, 1.82) is 0 Å². The molecular formula is C22H26N4O3S. The molecule has 2 amide bonds. The number of carbonyl (C=O) groups is 2. The van der Waals surface area contributed by atoms with E-state index in [0.717, 1.165) is 24.8 Å². The number of amides is 2. The van der Waals surface area contributed by atoms with Crippen LogP contribution >= 0.6 is 11.8 Å². The van der Waals surface area contributed by atoms with E-state index in [4.69, 9.17) is 4.42 Å². The molecule has 0 unspecified atom stereocenters. The van der Waals surface area contributed by atoms with Crippen molar-refractivity contribution >= 4 is 40.5 Å². The van der Waals surface area contributed by atoms with Gasteiger partial charge in [0.1, 0.15) is 11.6 Å². The van der Waals surface area contributed by atoms with Gasteiger partial charge in [0.2, 0.25) is 11.6 Å². The lowest BCUT2D eigenvalue weighted by Gasteiger charge is -2.08. The maximum atomic E-state index is 12.7. The number of furan rings is 1. The largest absolute Gasteiger partial charge is 0.443 e. The molecule has 3 aromatic rings. The highest BCUT2D eigenvalue weighted by molar-refractivity contribution is 7.99. The van der Waals surface area contributed by atoms with Crippen molar-refractivity contribution in [2.75, 3.05) is 17.6 Å². The van der Waals surface area contributed by atoms with Gasteiger partial charge in [0, 0.05) is 17.7 Å². The highest BCUT2D eigenvalue weighted by Gasteiger charge is 2.19. The molecule has 2 aromatic heterocycles. The number of hydrogen-bond donors (Lipinski definition) is 2. The molecule has 8 heteroatoms. The van der Waals surface area contributed by atoms with Gasteiger partial charge in [-0.25, -0.2) is 4.98 Å². The number of aromatic nitrogens is 2. The van der Waals surface area contributed by atoms with E-state index in [-0.39, 0.29) is 17.6 Å². The van der Waals surface area contributed by atoms with Crippen LogP contribution in [0.1, 0.15) is 47.9 Å². The van der Waals surface area contributed by atoms with E-state index in [1.807, 2.05) is 19.9 Å². The second kappa shape index (κ2) is 10.2. The average molecular weight is 427 g/mol. The molecule has 0 atom stereocenters. The van der Waals surface area contributed by atoms with Gasteiger partial charge < -0.3 is 15.1 Å². The second-order valence-corrected chi connectivity index (χ2v) is 7.93. The summed E-state index contributed by atoms with van der Waals surface area (Å²) >= 11 is 1.21. The van der Waals surface area contributed by atoms with Gasteiger partial charge >= 0.3 is 0 Å². The number of unbranched alkanes of at least 4 members (excludes halogenated alkanes) is 2. The molecular weight excluding hydrogens is 400 g/mol. The molecule has 7 nitrogen and oxygen atoms in total. The fraction of sp³-hybridized carbons (Fsp3) is 0.364. The Morgan fingerprint density at radius 2 is 1.87 bits per heavy atom. The summed E-state index contributed by atoms with van der Waals surface area (Å²) in [7, 11) is 0. The lowest BCUT2D eigenvalue weighted by molar-refractivity contribution is -0.118. The first-order valence-corrected chi connectivity index (χ1v) is 11.0. The van der Waals surface area contributed by atoms with E-state index in [1.54, 1.807) is 24.3 Å². The monoisotopic (exact) mass is 426 g/mol. The maximum absolute atomic E-state index is 12.7. The molecule has 2 N–H and O–H groups in total. The van der Waals surface area contributed by atoms with E-state index in [2.05, 4.69) is 27.5 Å². The van der Waals surface area contributed by atoms with Crippen molar-refractivity contribution in [2.24, 2.45) is 0 Å². The third kappa shape index (κ3) is 5.38. The van der Waals surface area contributed by atoms with Crippen LogP contribution in [0.5, 0.6) is 0 Å². The minimum atomic E-state index is -0.265. The number of rotatable bonds is 9. The van der Waals surface area contributed by atoms with Crippen LogP contribution in [0.2, 0.25) is 0 Å². The molecule has 0 aliphatic carbocycles. The van der Waals surface area contributed by atoms with Gasteiger partial charge in [-0.15, -0.1) is 0 Å². The van der Waals surface area contributed by atoms with Crippen molar-refractivity contribution in [1.82, 2.24) is 15.3 Å². The standard InChI is InChI=1S/C22H26N4O3S/c1-4-5-9-12-23-17(27)13-30-22-25-19(18-14(2)15(3)29-21(18)26-22)24-20(28)16-10-7-6-8-11-16/h6-8,10-11H,4-5,9,12-13H2,1-3H3,(H,23,27)(H,24,25,26,28). The molecule has 1 aromatic carbocycles. The molecule has 0 saturated carbocycles. The molecule has 0 aliphatic rings. The Bertz CT molecular complexity index is 1030. The molecule has 0 spiro atoms. The normalized spacial score (nSPS) is 10.9. The highest BCUT2D eigenvalue weighted by atomic mass is 32.2. The zero-order chi connectivity index (χ0) is 21.5. The van der Waals surface area contributed by atoms with Crippen molar-refractivity contribution in [2.45, 2.75) is 45.2 Å². The van der Waals surface area contributed by atoms with Gasteiger partial charge in [-0.2, -0.15) is 4.98 Å². The molecule has 30 heavy (non-hydrogen) atoms. The predicted molar refractivity (Wildman–Crippen MR) is 119 cm³/mol. The fourth-order valence-electron chi connectivity index (χ4n) is 2.94. The van der Waals surface area contributed by atoms with Crippen molar-refractivity contribution < 1.29 is 14.0 Å². The van der Waals surface area contributed by atoms with Crippen LogP contribution in [0.15, 0.2) is 39.9 Å². The zero-order valence-electron chi connectivity index (χ0n) is 17.4. The number of anilines is 1. The van der Waals surface area contributed by atoms with Gasteiger partial charge in [-0.1, -0.05) is 49.7 Å². The van der Waals surface area contributed by atoms with Gasteiger partial charge in [0.15, 0.2) is 5.16 Å². The number of nitrogens with zero attached hydrogens (tertiary/aromatic N) is 2. The minimum Gasteiger partial charge on any atom is -0.443 e. The summed E-state index contributed by atoms with van der Waals surface area (Å²) in [4.78, 5) is 33.7. The van der Waals surface area contributed by atoms with Crippen LogP contribution in [0.25, 0.3) is 11.1 Å². The Labute approximate surface area is 180 Å². The molecule has 0 bridgehead atoms. The predicted octanol–water partition coefficient (Wildman–Crippen LogP) is 4.49. The van der Waals surface area contributed by atoms with Gasteiger partial charge in [-0.05, 0) is 32.4 Å². The van der Waals surface area contributed by atoms with Gasteiger partial charge in [-0.3, -0.25) is 9.59 Å². The first-order valence-electron chi connectivity index (χ1n) is 10.0. The van der Waals surface area contributed by atoms with Crippen molar-refractivity contribution in [3.05, 3.63) is 47.2 Å². The number of thioether (sulfide) groups is 1. The van der Waals surface area contributed by atoms with Crippen LogP contribution in [0, 0.1) is 13.8 Å². The van der Waals surface area contributed by atoms with E-state index >= 15 is 0 Å². The van der Waals surface area contributed by atoms with Crippen molar-refractivity contribution in [3.63, 3.8) is 0 Å². The Morgan fingerprint density at radius 3 is 2.60 bits per heavy atom. The first-order chi connectivity index (χ1) is 14.5. The van der Waals surface area contributed by atoms with Crippen LogP contribution < -0.4 is 10.6 Å². The van der Waals surface area contributed by atoms with Crippen molar-refractivity contribution in [3.8, 4) is 0 Å². The first kappa shape index (κ1) is 21.8. The Kier molecular flexibility index (Phi) is 7.46. The third-order valence-electron chi connectivity index (χ3n) is 4.71. The Morgan fingerprint density at radius 1 is 1.10 bits per heavy atom. The Hall–Kier alpha value is -2.87. The van der Waals surface area contributed by atoms with Gasteiger partial charge in [0.25, 0.3) is 5.91 Å². The zero-order valence-corrected chi connectivity index (χ0v) is 18.3. The third-order valence-corrected chi connectivity index (χ3v) is 5.56. The Balaban J connectivity index is 1.78. The molecule has 2 heterocycles. The lowest BCUT2D eigenvalue weighted by Crippen LogP contribution is -2.26. The quantitative estimate of drug-likeness (QED) is 0.297. The lowest BCUT2D eigenvalue weighted by atomic mass is 10.2. The smallest absolute Gasteiger partial charge is 0.256 e. The maximum Gasteiger partial charge on any atom is 0.256 e. The van der Waals surface area contributed by atoms with E-state index < -0.39 is 0 Å². The number of nitrogens with one attached hydrogen (secondary N) is 2. The fourth-order valence-corrected chi connectivity index (χ4v) is 3.60. The summed E-state index contributed by atoms with van der Waals surface area (Å²) in [6, 6.07) is 8.93. The SMILES string of the molecule is CCCCCNC(=O)CSc1nc(NC(=O)c2ccccc2)c2c(C)c(C)oc2n1. The minimum absolute atomic E-state index is 0.0681. The van der Waals surface area contributed by atoms with Gasteiger partial charge in [0.05, 0.1) is 11.1 Å². The molecule has 0 saturated heterocycles.